The molecule has 0 aliphatic heterocycles. The fourth-order valence-corrected chi connectivity index (χ4v) is 2.76. The second-order valence-corrected chi connectivity index (χ2v) is 6.67. The number of hydrazine groups is 1. The van der Waals surface area contributed by atoms with Gasteiger partial charge >= 0.3 is 5.97 Å². The normalized spacial score (nSPS) is 9.72. The summed E-state index contributed by atoms with van der Waals surface area (Å²) in [4.78, 5) is 34.1. The topological polar surface area (TPSA) is 106 Å². The molecular formula is C14H15Br2N3O5S. The quantitative estimate of drug-likeness (QED) is 0.312. The molecule has 0 aliphatic rings. The van der Waals surface area contributed by atoms with Crippen molar-refractivity contribution < 1.29 is 23.9 Å². The number of ether oxygens (including phenoxy) is 2. The molecule has 0 saturated carbocycles. The zero-order valence-corrected chi connectivity index (χ0v) is 17.0. The Morgan fingerprint density at radius 2 is 1.84 bits per heavy atom. The highest BCUT2D eigenvalue weighted by atomic mass is 79.9. The summed E-state index contributed by atoms with van der Waals surface area (Å²) in [6, 6.07) is 5.25. The Morgan fingerprint density at radius 3 is 2.48 bits per heavy atom. The lowest BCUT2D eigenvalue weighted by Crippen LogP contribution is -2.49. The monoisotopic (exact) mass is 495 g/mol. The number of hydrogen-bond acceptors (Lipinski definition) is 6. The molecule has 0 aromatic heterocycles. The van der Waals surface area contributed by atoms with Crippen LogP contribution in [-0.2, 0) is 19.1 Å². The van der Waals surface area contributed by atoms with Crippen LogP contribution in [0.4, 0.5) is 0 Å². The van der Waals surface area contributed by atoms with Crippen molar-refractivity contribution in [3.8, 4) is 5.75 Å². The van der Waals surface area contributed by atoms with Crippen molar-refractivity contribution in [2.24, 2.45) is 0 Å². The third kappa shape index (κ3) is 8.79. The van der Waals surface area contributed by atoms with Gasteiger partial charge in [-0.2, -0.15) is 0 Å². The Balaban J connectivity index is 2.27. The van der Waals surface area contributed by atoms with Gasteiger partial charge < -0.3 is 14.8 Å². The van der Waals surface area contributed by atoms with Gasteiger partial charge in [-0.15, -0.1) is 0 Å². The molecule has 8 nitrogen and oxygen atoms in total. The molecule has 2 amide bonds. The summed E-state index contributed by atoms with van der Waals surface area (Å²) < 4.78 is 11.3. The number of thiocarbonyl (C=S) groups is 1. The van der Waals surface area contributed by atoms with E-state index in [4.69, 9.17) is 17.0 Å². The maximum atomic E-state index is 11.7. The number of carbonyl (C=O) groups excluding carboxylic acids is 3. The fraction of sp³-hybridized carbons (Fsp3) is 0.286. The molecule has 1 rings (SSSR count). The number of amides is 2. The number of halogens is 2. The van der Waals surface area contributed by atoms with E-state index >= 15 is 0 Å². The average Bonchev–Trinajstić information content (AvgIpc) is 2.57. The van der Waals surface area contributed by atoms with E-state index in [1.807, 2.05) is 0 Å². The molecular weight excluding hydrogens is 482 g/mol. The minimum atomic E-state index is -0.501. The number of nitrogens with one attached hydrogen (secondary N) is 3. The molecule has 0 heterocycles. The summed E-state index contributed by atoms with van der Waals surface area (Å²) >= 11 is 11.5. The van der Waals surface area contributed by atoms with Gasteiger partial charge in [-0.3, -0.25) is 25.2 Å². The van der Waals surface area contributed by atoms with Crippen LogP contribution < -0.4 is 20.9 Å². The second-order valence-electron chi connectivity index (χ2n) is 4.49. The molecule has 0 bridgehead atoms. The third-order valence-corrected chi connectivity index (χ3v) is 3.92. The molecule has 3 N–H and O–H groups in total. The van der Waals surface area contributed by atoms with Gasteiger partial charge in [-0.1, -0.05) is 15.9 Å². The lowest BCUT2D eigenvalue weighted by atomic mass is 10.3. The Labute approximate surface area is 166 Å². The van der Waals surface area contributed by atoms with Gasteiger partial charge in [0.1, 0.15) is 5.75 Å². The molecule has 1 aromatic carbocycles. The van der Waals surface area contributed by atoms with E-state index in [0.29, 0.717) is 10.2 Å². The number of methoxy groups -OCH3 is 1. The number of rotatable bonds is 6. The van der Waals surface area contributed by atoms with Crippen molar-refractivity contribution in [2.45, 2.75) is 12.8 Å². The SMILES string of the molecule is COC(=O)CCC(=O)NC(=S)NNC(=O)COc1ccc(Br)cc1Br. The molecule has 0 radical (unpaired) electrons. The van der Waals surface area contributed by atoms with E-state index < -0.39 is 17.8 Å². The van der Waals surface area contributed by atoms with Crippen molar-refractivity contribution in [2.75, 3.05) is 13.7 Å². The van der Waals surface area contributed by atoms with E-state index in [1.165, 1.54) is 7.11 Å². The summed E-state index contributed by atoms with van der Waals surface area (Å²) in [5.41, 5.74) is 4.64. The molecule has 0 fully saturated rings. The predicted octanol–water partition coefficient (Wildman–Crippen LogP) is 1.57. The summed E-state index contributed by atoms with van der Waals surface area (Å²) in [5.74, 6) is -0.983. The highest BCUT2D eigenvalue weighted by molar-refractivity contribution is 9.11. The van der Waals surface area contributed by atoms with Gasteiger partial charge in [0.15, 0.2) is 11.7 Å². The van der Waals surface area contributed by atoms with Crippen LogP contribution in [0.15, 0.2) is 27.1 Å². The zero-order chi connectivity index (χ0) is 18.8. The number of hydrogen-bond donors (Lipinski definition) is 3. The van der Waals surface area contributed by atoms with Gasteiger partial charge in [0, 0.05) is 10.9 Å². The highest BCUT2D eigenvalue weighted by Crippen LogP contribution is 2.27. The van der Waals surface area contributed by atoms with Crippen molar-refractivity contribution in [3.05, 3.63) is 27.1 Å². The second kappa shape index (κ2) is 11.0. The Kier molecular flexibility index (Phi) is 9.39. The molecule has 136 valence electrons. The first-order valence-electron chi connectivity index (χ1n) is 6.85. The number of esters is 1. The fourth-order valence-electron chi connectivity index (χ4n) is 1.44. The van der Waals surface area contributed by atoms with Crippen LogP contribution in [0.1, 0.15) is 12.8 Å². The van der Waals surface area contributed by atoms with Crippen molar-refractivity contribution in [1.82, 2.24) is 16.2 Å². The predicted molar refractivity (Wildman–Crippen MR) is 101 cm³/mol. The molecule has 0 spiro atoms. The van der Waals surface area contributed by atoms with Crippen LogP contribution in [0.25, 0.3) is 0 Å². The summed E-state index contributed by atoms with van der Waals surface area (Å²) in [5, 5.41) is 2.21. The zero-order valence-electron chi connectivity index (χ0n) is 13.1. The van der Waals surface area contributed by atoms with E-state index in [0.717, 1.165) is 4.47 Å². The van der Waals surface area contributed by atoms with Crippen molar-refractivity contribution in [3.63, 3.8) is 0 Å². The largest absolute Gasteiger partial charge is 0.483 e. The van der Waals surface area contributed by atoms with Crippen LogP contribution in [0.5, 0.6) is 5.75 Å². The molecule has 25 heavy (non-hydrogen) atoms. The molecule has 1 aromatic rings. The Morgan fingerprint density at radius 1 is 1.12 bits per heavy atom. The maximum absolute atomic E-state index is 11.7. The molecule has 0 atom stereocenters. The van der Waals surface area contributed by atoms with E-state index in [9.17, 15) is 14.4 Å². The smallest absolute Gasteiger partial charge is 0.306 e. The molecule has 0 aliphatic carbocycles. The Hall–Kier alpha value is -1.72. The van der Waals surface area contributed by atoms with Gasteiger partial charge in [-0.25, -0.2) is 0 Å². The first-order chi connectivity index (χ1) is 11.8. The van der Waals surface area contributed by atoms with Crippen LogP contribution in [-0.4, -0.2) is 36.6 Å². The first-order valence-corrected chi connectivity index (χ1v) is 8.84. The standard InChI is InChI=1S/C14H15Br2N3O5S/c1-23-13(22)5-4-11(20)17-14(25)19-18-12(21)7-24-10-3-2-8(15)6-9(10)16/h2-3,6H,4-5,7H2,1H3,(H,18,21)(H2,17,19,20,25). The van der Waals surface area contributed by atoms with Gasteiger partial charge in [0.25, 0.3) is 5.91 Å². The van der Waals surface area contributed by atoms with E-state index in [1.54, 1.807) is 18.2 Å². The minimum Gasteiger partial charge on any atom is -0.483 e. The molecule has 0 saturated heterocycles. The minimum absolute atomic E-state index is 0.0623. The summed E-state index contributed by atoms with van der Waals surface area (Å²) in [6.45, 7) is -0.258. The van der Waals surface area contributed by atoms with Crippen molar-refractivity contribution >= 4 is 67.0 Å². The van der Waals surface area contributed by atoms with Crippen LogP contribution in [0.3, 0.4) is 0 Å². The first kappa shape index (κ1) is 21.3. The van der Waals surface area contributed by atoms with Crippen LogP contribution in [0, 0.1) is 0 Å². The lowest BCUT2D eigenvalue weighted by molar-refractivity contribution is -0.142. The number of benzene rings is 1. The van der Waals surface area contributed by atoms with E-state index in [2.05, 4.69) is 52.8 Å². The molecule has 11 heteroatoms. The maximum Gasteiger partial charge on any atom is 0.306 e. The van der Waals surface area contributed by atoms with Crippen LogP contribution >= 0.6 is 44.1 Å². The summed E-state index contributed by atoms with van der Waals surface area (Å²) in [7, 11) is 1.23. The third-order valence-electron chi connectivity index (χ3n) is 2.60. The van der Waals surface area contributed by atoms with Crippen molar-refractivity contribution in [1.29, 1.82) is 0 Å². The number of carbonyl (C=O) groups is 3. The van der Waals surface area contributed by atoms with Gasteiger partial charge in [0.05, 0.1) is 18.0 Å². The average molecular weight is 497 g/mol. The summed E-state index contributed by atoms with van der Waals surface area (Å²) in [6.07, 6.45) is -0.143. The Bertz CT molecular complexity index is 672. The molecule has 0 unspecified atom stereocenters. The highest BCUT2D eigenvalue weighted by Gasteiger charge is 2.10. The van der Waals surface area contributed by atoms with Crippen LogP contribution in [0.2, 0.25) is 0 Å². The lowest BCUT2D eigenvalue weighted by Gasteiger charge is -2.12. The van der Waals surface area contributed by atoms with Gasteiger partial charge in [0.2, 0.25) is 5.91 Å². The van der Waals surface area contributed by atoms with E-state index in [-0.39, 0.29) is 24.6 Å². The van der Waals surface area contributed by atoms with Gasteiger partial charge in [-0.05, 0) is 46.3 Å².